The molecule has 4 heterocycles. The van der Waals surface area contributed by atoms with E-state index < -0.39 is 0 Å². The Labute approximate surface area is 216 Å². The highest BCUT2D eigenvalue weighted by Crippen LogP contribution is 2.34. The van der Waals surface area contributed by atoms with E-state index in [-0.39, 0.29) is 17.9 Å². The lowest BCUT2D eigenvalue weighted by Crippen LogP contribution is -2.30. The van der Waals surface area contributed by atoms with Crippen LogP contribution >= 0.6 is 0 Å². The molecule has 0 spiro atoms. The summed E-state index contributed by atoms with van der Waals surface area (Å²) in [4.78, 5) is 25.0. The van der Waals surface area contributed by atoms with Gasteiger partial charge in [0.25, 0.3) is 5.91 Å². The number of benzene rings is 2. The van der Waals surface area contributed by atoms with Crippen molar-refractivity contribution in [1.29, 1.82) is 0 Å². The van der Waals surface area contributed by atoms with Crippen LogP contribution < -0.4 is 0 Å². The van der Waals surface area contributed by atoms with Crippen molar-refractivity contribution in [2.75, 3.05) is 19.8 Å². The zero-order valence-corrected chi connectivity index (χ0v) is 21.7. The van der Waals surface area contributed by atoms with Gasteiger partial charge in [0.2, 0.25) is 5.89 Å². The van der Waals surface area contributed by atoms with Crippen molar-refractivity contribution in [3.63, 3.8) is 0 Å². The van der Waals surface area contributed by atoms with Crippen LogP contribution in [0, 0.1) is 6.92 Å². The molecule has 2 aliphatic rings. The SMILES string of the molecule is Cc1nc2cc(C(=O)N3CCCC3c3nc(C4CCOCC4)no3)ccc2n1-c1ccc(C(C)C)cc1. The van der Waals surface area contributed by atoms with Crippen molar-refractivity contribution in [2.45, 2.75) is 64.3 Å². The van der Waals surface area contributed by atoms with Crippen molar-refractivity contribution >= 4 is 16.9 Å². The van der Waals surface area contributed by atoms with E-state index in [9.17, 15) is 4.79 Å². The highest BCUT2D eigenvalue weighted by molar-refractivity contribution is 5.98. The van der Waals surface area contributed by atoms with Gasteiger partial charge in [-0.25, -0.2) is 4.98 Å². The summed E-state index contributed by atoms with van der Waals surface area (Å²) in [5.41, 5.74) is 4.80. The summed E-state index contributed by atoms with van der Waals surface area (Å²) in [6.07, 6.45) is 3.54. The average molecular weight is 500 g/mol. The highest BCUT2D eigenvalue weighted by Gasteiger charge is 2.35. The van der Waals surface area contributed by atoms with Crippen LogP contribution in [0.4, 0.5) is 0 Å². The van der Waals surface area contributed by atoms with Gasteiger partial charge in [-0.1, -0.05) is 31.1 Å². The monoisotopic (exact) mass is 499 g/mol. The second kappa shape index (κ2) is 9.74. The summed E-state index contributed by atoms with van der Waals surface area (Å²) in [7, 11) is 0. The zero-order valence-electron chi connectivity index (χ0n) is 21.7. The Morgan fingerprint density at radius 2 is 1.81 bits per heavy atom. The number of nitrogens with zero attached hydrogens (tertiary/aromatic N) is 5. The van der Waals surface area contributed by atoms with Gasteiger partial charge in [-0.3, -0.25) is 9.36 Å². The second-order valence-corrected chi connectivity index (χ2v) is 10.5. The van der Waals surface area contributed by atoms with Crippen LogP contribution in [0.1, 0.15) is 90.9 Å². The number of hydrogen-bond donors (Lipinski definition) is 0. The molecule has 1 amide bonds. The Morgan fingerprint density at radius 1 is 1.03 bits per heavy atom. The molecule has 1 atom stereocenters. The zero-order chi connectivity index (χ0) is 25.5. The van der Waals surface area contributed by atoms with Gasteiger partial charge in [0.1, 0.15) is 11.9 Å². The molecule has 8 nitrogen and oxygen atoms in total. The van der Waals surface area contributed by atoms with Crippen molar-refractivity contribution in [2.24, 2.45) is 0 Å². The van der Waals surface area contributed by atoms with E-state index in [0.29, 0.717) is 23.9 Å². The molecule has 2 aliphatic heterocycles. The molecule has 0 saturated carbocycles. The van der Waals surface area contributed by atoms with Crippen LogP contribution in [0.2, 0.25) is 0 Å². The third-order valence-electron chi connectivity index (χ3n) is 7.73. The van der Waals surface area contributed by atoms with Gasteiger partial charge in [0, 0.05) is 36.9 Å². The molecule has 0 aliphatic carbocycles. The van der Waals surface area contributed by atoms with Crippen LogP contribution in [0.15, 0.2) is 47.0 Å². The van der Waals surface area contributed by atoms with Gasteiger partial charge in [-0.05, 0) is 74.4 Å². The maximum atomic E-state index is 13.6. The normalized spacial score (nSPS) is 18.8. The Hall–Kier alpha value is -3.52. The third kappa shape index (κ3) is 4.44. The first kappa shape index (κ1) is 23.9. The number of aryl methyl sites for hydroxylation is 1. The predicted molar refractivity (Wildman–Crippen MR) is 140 cm³/mol. The van der Waals surface area contributed by atoms with E-state index in [4.69, 9.17) is 19.2 Å². The summed E-state index contributed by atoms with van der Waals surface area (Å²) in [5.74, 6) is 2.89. The number of imidazole rings is 1. The fourth-order valence-electron chi connectivity index (χ4n) is 5.60. The molecule has 2 fully saturated rings. The summed E-state index contributed by atoms with van der Waals surface area (Å²) in [5, 5.41) is 4.26. The molecule has 0 bridgehead atoms. The van der Waals surface area contributed by atoms with E-state index in [1.54, 1.807) is 0 Å². The van der Waals surface area contributed by atoms with Crippen LogP contribution in [0.25, 0.3) is 16.7 Å². The highest BCUT2D eigenvalue weighted by atomic mass is 16.5. The van der Waals surface area contributed by atoms with E-state index in [2.05, 4.69) is 47.8 Å². The van der Waals surface area contributed by atoms with E-state index >= 15 is 0 Å². The number of rotatable bonds is 5. The van der Waals surface area contributed by atoms with Gasteiger partial charge in [0.15, 0.2) is 5.82 Å². The number of likely N-dealkylation sites (tertiary alicyclic amines) is 1. The van der Waals surface area contributed by atoms with Crippen LogP contribution in [0.3, 0.4) is 0 Å². The number of fused-ring (bicyclic) bond motifs is 1. The van der Waals surface area contributed by atoms with Gasteiger partial charge in [-0.2, -0.15) is 4.98 Å². The Bertz CT molecular complexity index is 1420. The van der Waals surface area contributed by atoms with E-state index in [1.807, 2.05) is 30.0 Å². The Kier molecular flexibility index (Phi) is 6.28. The number of carbonyl (C=O) groups is 1. The van der Waals surface area contributed by atoms with Crippen LogP contribution in [-0.4, -0.2) is 50.3 Å². The van der Waals surface area contributed by atoms with E-state index in [0.717, 1.165) is 67.3 Å². The van der Waals surface area contributed by atoms with Gasteiger partial charge in [0.05, 0.1) is 11.0 Å². The number of ether oxygens (including phenoxy) is 1. The predicted octanol–water partition coefficient (Wildman–Crippen LogP) is 5.71. The summed E-state index contributed by atoms with van der Waals surface area (Å²) < 4.78 is 13.3. The van der Waals surface area contributed by atoms with Gasteiger partial charge < -0.3 is 14.2 Å². The molecular formula is C29H33N5O3. The lowest BCUT2D eigenvalue weighted by Gasteiger charge is -2.22. The molecule has 192 valence electrons. The van der Waals surface area contributed by atoms with Crippen LogP contribution in [-0.2, 0) is 4.74 Å². The molecule has 37 heavy (non-hydrogen) atoms. The molecule has 0 N–H and O–H groups in total. The van der Waals surface area contributed by atoms with Crippen molar-refractivity contribution in [1.82, 2.24) is 24.6 Å². The average Bonchev–Trinajstić information content (AvgIpc) is 3.66. The van der Waals surface area contributed by atoms with Gasteiger partial charge in [-0.15, -0.1) is 0 Å². The van der Waals surface area contributed by atoms with Crippen molar-refractivity contribution in [3.05, 3.63) is 71.1 Å². The maximum absolute atomic E-state index is 13.6. The third-order valence-corrected chi connectivity index (χ3v) is 7.73. The Balaban J connectivity index is 1.25. The fourth-order valence-corrected chi connectivity index (χ4v) is 5.60. The van der Waals surface area contributed by atoms with Gasteiger partial charge >= 0.3 is 0 Å². The molecule has 4 aromatic rings. The lowest BCUT2D eigenvalue weighted by molar-refractivity contribution is 0.0710. The first-order valence-electron chi connectivity index (χ1n) is 13.3. The van der Waals surface area contributed by atoms with Crippen molar-refractivity contribution < 1.29 is 14.1 Å². The molecule has 2 saturated heterocycles. The number of carbonyl (C=O) groups excluding carboxylic acids is 1. The topological polar surface area (TPSA) is 86.3 Å². The molecular weight excluding hydrogens is 466 g/mol. The first-order valence-corrected chi connectivity index (χ1v) is 13.3. The first-order chi connectivity index (χ1) is 18.0. The molecule has 2 aromatic heterocycles. The standard InChI is InChI=1S/C29H33N5O3/c1-18(2)20-6-9-23(10-7-20)34-19(3)30-24-17-22(8-11-25(24)34)29(35)33-14-4-5-26(33)28-31-27(32-37-28)21-12-15-36-16-13-21/h6-11,17-18,21,26H,4-5,12-16H2,1-3H3. The maximum Gasteiger partial charge on any atom is 0.254 e. The largest absolute Gasteiger partial charge is 0.381 e. The minimum atomic E-state index is -0.192. The fraction of sp³-hybridized carbons (Fsp3) is 0.448. The number of amides is 1. The molecule has 8 heteroatoms. The quantitative estimate of drug-likeness (QED) is 0.350. The smallest absolute Gasteiger partial charge is 0.254 e. The summed E-state index contributed by atoms with van der Waals surface area (Å²) >= 11 is 0. The molecule has 1 unspecified atom stereocenters. The van der Waals surface area contributed by atoms with Crippen LogP contribution in [0.5, 0.6) is 0 Å². The minimum Gasteiger partial charge on any atom is -0.381 e. The summed E-state index contributed by atoms with van der Waals surface area (Å²) in [6, 6.07) is 14.2. The van der Waals surface area contributed by atoms with E-state index in [1.165, 1.54) is 5.56 Å². The summed E-state index contributed by atoms with van der Waals surface area (Å²) in [6.45, 7) is 8.51. The number of hydrogen-bond acceptors (Lipinski definition) is 6. The number of aromatic nitrogens is 4. The minimum absolute atomic E-state index is 0.0243. The molecule has 2 aromatic carbocycles. The lowest BCUT2D eigenvalue weighted by atomic mass is 10.00. The molecule has 0 radical (unpaired) electrons. The van der Waals surface area contributed by atoms with Crippen molar-refractivity contribution in [3.8, 4) is 5.69 Å². The second-order valence-electron chi connectivity index (χ2n) is 10.5. The molecule has 6 rings (SSSR count). The Morgan fingerprint density at radius 3 is 2.57 bits per heavy atom.